The van der Waals surface area contributed by atoms with Crippen molar-refractivity contribution in [2.24, 2.45) is 0 Å². The maximum atomic E-state index is 13.4. The van der Waals surface area contributed by atoms with Gasteiger partial charge in [0.2, 0.25) is 0 Å². The number of halogens is 1. The molecular formula is C14H16FN3OS. The van der Waals surface area contributed by atoms with Gasteiger partial charge in [-0.1, -0.05) is 0 Å². The minimum atomic E-state index is -0.588. The summed E-state index contributed by atoms with van der Waals surface area (Å²) < 4.78 is 13.4. The van der Waals surface area contributed by atoms with Crippen LogP contribution < -0.4 is 11.1 Å². The van der Waals surface area contributed by atoms with Crippen molar-refractivity contribution in [1.82, 2.24) is 10.3 Å². The fraction of sp³-hybridized carbons (Fsp3) is 0.286. The van der Waals surface area contributed by atoms with Gasteiger partial charge in [0.05, 0.1) is 22.4 Å². The number of aryl methyl sites for hydroxylation is 2. The molecule has 1 amide bonds. The maximum absolute atomic E-state index is 13.4. The smallest absolute Gasteiger partial charge is 0.251 e. The van der Waals surface area contributed by atoms with Gasteiger partial charge in [-0.15, -0.1) is 11.3 Å². The lowest BCUT2D eigenvalue weighted by atomic mass is 10.1. The van der Waals surface area contributed by atoms with Gasteiger partial charge in [-0.3, -0.25) is 4.79 Å². The first-order valence-corrected chi connectivity index (χ1v) is 7.00. The van der Waals surface area contributed by atoms with Crippen LogP contribution in [0, 0.1) is 19.7 Å². The molecule has 2 aromatic rings. The molecule has 1 aromatic heterocycles. The predicted octanol–water partition coefficient (Wildman–Crippen LogP) is 2.97. The van der Waals surface area contributed by atoms with E-state index in [4.69, 9.17) is 5.73 Å². The number of carbonyl (C=O) groups is 1. The summed E-state index contributed by atoms with van der Waals surface area (Å²) in [7, 11) is 0. The molecule has 2 rings (SSSR count). The number of nitrogens with one attached hydrogen (secondary N) is 1. The van der Waals surface area contributed by atoms with Crippen molar-refractivity contribution >= 4 is 22.9 Å². The fourth-order valence-electron chi connectivity index (χ4n) is 1.96. The number of hydrogen-bond donors (Lipinski definition) is 2. The number of carbonyl (C=O) groups excluding carboxylic acids is 1. The van der Waals surface area contributed by atoms with Gasteiger partial charge in [0.15, 0.2) is 0 Å². The lowest BCUT2D eigenvalue weighted by Crippen LogP contribution is -2.26. The second-order valence-electron chi connectivity index (χ2n) is 4.61. The van der Waals surface area contributed by atoms with Gasteiger partial charge in [0, 0.05) is 10.4 Å². The zero-order valence-electron chi connectivity index (χ0n) is 11.5. The molecule has 0 fully saturated rings. The second kappa shape index (κ2) is 5.58. The summed E-state index contributed by atoms with van der Waals surface area (Å²) in [4.78, 5) is 17.4. The zero-order valence-corrected chi connectivity index (χ0v) is 12.3. The Balaban J connectivity index is 2.15. The highest BCUT2D eigenvalue weighted by Gasteiger charge is 2.16. The Morgan fingerprint density at radius 3 is 2.70 bits per heavy atom. The van der Waals surface area contributed by atoms with E-state index in [0.717, 1.165) is 21.6 Å². The number of nitrogens with zero attached hydrogens (tertiary/aromatic N) is 1. The number of amides is 1. The monoisotopic (exact) mass is 293 g/mol. The van der Waals surface area contributed by atoms with Crippen LogP contribution in [0.15, 0.2) is 18.2 Å². The lowest BCUT2D eigenvalue weighted by Gasteiger charge is -2.13. The van der Waals surface area contributed by atoms with Gasteiger partial charge in [-0.25, -0.2) is 9.37 Å². The minimum Gasteiger partial charge on any atom is -0.396 e. The molecule has 4 nitrogen and oxygen atoms in total. The standard InChI is InChI=1S/C14H16FN3OS/c1-7-13(20-9(3)17-7)8(2)18-14(19)10-4-5-12(16)11(15)6-10/h4-6,8H,16H2,1-3H3,(H,18,19). The third-order valence-electron chi connectivity index (χ3n) is 2.94. The Labute approximate surface area is 120 Å². The van der Waals surface area contributed by atoms with E-state index in [1.54, 1.807) is 11.3 Å². The van der Waals surface area contributed by atoms with Crippen molar-refractivity contribution in [2.45, 2.75) is 26.8 Å². The molecule has 0 saturated heterocycles. The molecule has 0 spiro atoms. The van der Waals surface area contributed by atoms with E-state index in [1.807, 2.05) is 20.8 Å². The summed E-state index contributed by atoms with van der Waals surface area (Å²) in [5.74, 6) is -0.919. The Kier molecular flexibility index (Phi) is 4.04. The molecule has 0 saturated carbocycles. The first-order chi connectivity index (χ1) is 9.38. The molecule has 1 heterocycles. The molecule has 1 unspecified atom stereocenters. The van der Waals surface area contributed by atoms with Crippen molar-refractivity contribution in [3.8, 4) is 0 Å². The number of hydrogen-bond acceptors (Lipinski definition) is 4. The molecule has 0 aliphatic rings. The van der Waals surface area contributed by atoms with Crippen molar-refractivity contribution in [3.05, 3.63) is 45.2 Å². The first-order valence-electron chi connectivity index (χ1n) is 6.18. The molecule has 0 aliphatic carbocycles. The van der Waals surface area contributed by atoms with E-state index in [2.05, 4.69) is 10.3 Å². The van der Waals surface area contributed by atoms with Gasteiger partial charge in [0.25, 0.3) is 5.91 Å². The normalized spacial score (nSPS) is 12.2. The summed E-state index contributed by atoms with van der Waals surface area (Å²) in [6.07, 6.45) is 0. The maximum Gasteiger partial charge on any atom is 0.251 e. The third-order valence-corrected chi connectivity index (χ3v) is 4.20. The number of benzene rings is 1. The van der Waals surface area contributed by atoms with Crippen molar-refractivity contribution in [2.75, 3.05) is 5.73 Å². The number of nitrogens with two attached hydrogens (primary N) is 1. The highest BCUT2D eigenvalue weighted by Crippen LogP contribution is 2.24. The molecule has 0 bridgehead atoms. The predicted molar refractivity (Wildman–Crippen MR) is 78.3 cm³/mol. The molecule has 1 atom stereocenters. The van der Waals surface area contributed by atoms with Crippen LogP contribution in [-0.4, -0.2) is 10.9 Å². The van der Waals surface area contributed by atoms with Crippen LogP contribution in [-0.2, 0) is 0 Å². The SMILES string of the molecule is Cc1nc(C)c(C(C)NC(=O)c2ccc(N)c(F)c2)s1. The number of aromatic nitrogens is 1. The van der Waals surface area contributed by atoms with Gasteiger partial charge < -0.3 is 11.1 Å². The Morgan fingerprint density at radius 2 is 2.15 bits per heavy atom. The zero-order chi connectivity index (χ0) is 14.9. The molecular weight excluding hydrogens is 277 g/mol. The Morgan fingerprint density at radius 1 is 1.45 bits per heavy atom. The number of rotatable bonds is 3. The third kappa shape index (κ3) is 2.96. The molecule has 1 aromatic carbocycles. The van der Waals surface area contributed by atoms with Gasteiger partial charge in [-0.05, 0) is 39.0 Å². The summed E-state index contributed by atoms with van der Waals surface area (Å²) in [6, 6.07) is 3.86. The van der Waals surface area contributed by atoms with Crippen LogP contribution >= 0.6 is 11.3 Å². The van der Waals surface area contributed by atoms with Crippen LogP contribution in [0.25, 0.3) is 0 Å². The first kappa shape index (κ1) is 14.5. The number of nitrogen functional groups attached to an aromatic ring is 1. The largest absolute Gasteiger partial charge is 0.396 e. The summed E-state index contributed by atoms with van der Waals surface area (Å²) >= 11 is 1.55. The van der Waals surface area contributed by atoms with E-state index >= 15 is 0 Å². The molecule has 0 radical (unpaired) electrons. The van der Waals surface area contributed by atoms with E-state index < -0.39 is 5.82 Å². The molecule has 0 aliphatic heterocycles. The number of anilines is 1. The van der Waals surface area contributed by atoms with E-state index in [0.29, 0.717) is 0 Å². The average Bonchev–Trinajstić information content (AvgIpc) is 2.71. The highest BCUT2D eigenvalue weighted by molar-refractivity contribution is 7.11. The Bertz CT molecular complexity index is 654. The molecule has 20 heavy (non-hydrogen) atoms. The Hall–Kier alpha value is -1.95. The summed E-state index contributed by atoms with van der Waals surface area (Å²) in [5, 5.41) is 3.79. The molecule has 106 valence electrons. The van der Waals surface area contributed by atoms with Crippen molar-refractivity contribution in [3.63, 3.8) is 0 Å². The topological polar surface area (TPSA) is 68.0 Å². The minimum absolute atomic E-state index is 0.0310. The highest BCUT2D eigenvalue weighted by atomic mass is 32.1. The lowest BCUT2D eigenvalue weighted by molar-refractivity contribution is 0.0940. The second-order valence-corrected chi connectivity index (χ2v) is 5.85. The number of thiazole rings is 1. The van der Waals surface area contributed by atoms with E-state index in [9.17, 15) is 9.18 Å². The van der Waals surface area contributed by atoms with E-state index in [1.165, 1.54) is 12.1 Å². The van der Waals surface area contributed by atoms with Gasteiger partial charge >= 0.3 is 0 Å². The van der Waals surface area contributed by atoms with Gasteiger partial charge in [-0.2, -0.15) is 0 Å². The van der Waals surface area contributed by atoms with Crippen LogP contribution in [0.1, 0.15) is 38.9 Å². The molecule has 3 N–H and O–H groups in total. The fourth-order valence-corrected chi connectivity index (χ4v) is 2.89. The summed E-state index contributed by atoms with van der Waals surface area (Å²) in [5.41, 5.74) is 6.58. The van der Waals surface area contributed by atoms with Crippen LogP contribution in [0.4, 0.5) is 10.1 Å². The molecule has 6 heteroatoms. The van der Waals surface area contributed by atoms with Crippen LogP contribution in [0.3, 0.4) is 0 Å². The van der Waals surface area contributed by atoms with Crippen molar-refractivity contribution < 1.29 is 9.18 Å². The van der Waals surface area contributed by atoms with E-state index in [-0.39, 0.29) is 23.2 Å². The quantitative estimate of drug-likeness (QED) is 0.855. The average molecular weight is 293 g/mol. The van der Waals surface area contributed by atoms with Crippen LogP contribution in [0.2, 0.25) is 0 Å². The summed E-state index contributed by atoms with van der Waals surface area (Å²) in [6.45, 7) is 5.71. The van der Waals surface area contributed by atoms with Crippen LogP contribution in [0.5, 0.6) is 0 Å². The van der Waals surface area contributed by atoms with Crippen molar-refractivity contribution in [1.29, 1.82) is 0 Å². The van der Waals surface area contributed by atoms with Gasteiger partial charge in [0.1, 0.15) is 5.82 Å².